The van der Waals surface area contributed by atoms with Crippen molar-refractivity contribution < 1.29 is 9.59 Å². The highest BCUT2D eigenvalue weighted by molar-refractivity contribution is 5.77. The molecule has 3 amide bonds. The molecule has 0 spiro atoms. The Labute approximate surface area is 147 Å². The lowest BCUT2D eigenvalue weighted by Gasteiger charge is -2.34. The second kappa shape index (κ2) is 9.25. The van der Waals surface area contributed by atoms with Crippen molar-refractivity contribution in [2.24, 2.45) is 23.0 Å². The van der Waals surface area contributed by atoms with Crippen LogP contribution in [-0.2, 0) is 4.79 Å². The van der Waals surface area contributed by atoms with E-state index in [0.717, 1.165) is 19.4 Å². The predicted molar refractivity (Wildman–Crippen MR) is 97.6 cm³/mol. The molecule has 0 aromatic heterocycles. The van der Waals surface area contributed by atoms with Crippen molar-refractivity contribution >= 4 is 11.9 Å². The van der Waals surface area contributed by atoms with E-state index in [9.17, 15) is 9.59 Å². The summed E-state index contributed by atoms with van der Waals surface area (Å²) in [6.07, 6.45) is 2.48. The third kappa shape index (κ3) is 7.07. The Balaban J connectivity index is 2.47. The van der Waals surface area contributed by atoms with Crippen LogP contribution < -0.4 is 11.1 Å². The standard InChI is InChI=1S/C18H36N4O2/c1-14(2)10-20-17(24)22-8-6-7-15(11-22)9-16(23)21(5)13-18(3,4)12-19/h14-15H,6-13,19H2,1-5H3,(H,20,24). The first-order chi connectivity index (χ1) is 11.1. The number of nitrogens with one attached hydrogen (secondary N) is 1. The van der Waals surface area contributed by atoms with Crippen molar-refractivity contribution in [3.8, 4) is 0 Å². The molecule has 0 aromatic carbocycles. The molecule has 0 bridgehead atoms. The molecule has 6 heteroatoms. The summed E-state index contributed by atoms with van der Waals surface area (Å²) in [7, 11) is 1.84. The summed E-state index contributed by atoms with van der Waals surface area (Å²) in [6, 6.07) is -0.00142. The monoisotopic (exact) mass is 340 g/mol. The van der Waals surface area contributed by atoms with Crippen molar-refractivity contribution in [2.75, 3.05) is 39.8 Å². The van der Waals surface area contributed by atoms with Gasteiger partial charge in [0.05, 0.1) is 0 Å². The molecule has 0 aromatic rings. The van der Waals surface area contributed by atoms with Crippen molar-refractivity contribution in [1.29, 1.82) is 0 Å². The number of nitrogens with zero attached hydrogens (tertiary/aromatic N) is 2. The van der Waals surface area contributed by atoms with Gasteiger partial charge in [-0.3, -0.25) is 4.79 Å². The Bertz CT molecular complexity index is 423. The highest BCUT2D eigenvalue weighted by Gasteiger charge is 2.27. The fourth-order valence-corrected chi connectivity index (χ4v) is 3.02. The maximum atomic E-state index is 12.5. The summed E-state index contributed by atoms with van der Waals surface area (Å²) in [5, 5.41) is 2.96. The van der Waals surface area contributed by atoms with Crippen LogP contribution >= 0.6 is 0 Å². The predicted octanol–water partition coefficient (Wildman–Crippen LogP) is 1.90. The van der Waals surface area contributed by atoms with E-state index >= 15 is 0 Å². The molecule has 0 saturated carbocycles. The molecular formula is C18H36N4O2. The number of amides is 3. The second-order valence-corrected chi connectivity index (χ2v) is 8.36. The zero-order valence-electron chi connectivity index (χ0n) is 16.1. The molecule has 1 heterocycles. The summed E-state index contributed by atoms with van der Waals surface area (Å²) in [5.41, 5.74) is 5.68. The van der Waals surface area contributed by atoms with Gasteiger partial charge in [-0.05, 0) is 36.6 Å². The summed E-state index contributed by atoms with van der Waals surface area (Å²) in [4.78, 5) is 28.3. The van der Waals surface area contributed by atoms with Crippen LogP contribution in [-0.4, -0.2) is 61.5 Å². The van der Waals surface area contributed by atoms with Crippen LogP contribution in [0, 0.1) is 17.3 Å². The molecular weight excluding hydrogens is 304 g/mol. The normalized spacial score (nSPS) is 18.6. The topological polar surface area (TPSA) is 78.7 Å². The number of hydrogen-bond acceptors (Lipinski definition) is 3. The van der Waals surface area contributed by atoms with Gasteiger partial charge in [-0.25, -0.2) is 4.79 Å². The summed E-state index contributed by atoms with van der Waals surface area (Å²) in [6.45, 7) is 11.7. The SMILES string of the molecule is CC(C)CNC(=O)N1CCCC(CC(=O)N(C)CC(C)(C)CN)C1. The van der Waals surface area contributed by atoms with E-state index in [4.69, 9.17) is 5.73 Å². The lowest BCUT2D eigenvalue weighted by molar-refractivity contribution is -0.132. The zero-order chi connectivity index (χ0) is 18.3. The average molecular weight is 341 g/mol. The number of carbonyl (C=O) groups is 2. The van der Waals surface area contributed by atoms with E-state index in [1.807, 2.05) is 11.9 Å². The number of piperidine rings is 1. The molecule has 0 aliphatic carbocycles. The van der Waals surface area contributed by atoms with Crippen LogP contribution in [0.4, 0.5) is 4.79 Å². The van der Waals surface area contributed by atoms with Gasteiger partial charge in [-0.1, -0.05) is 27.7 Å². The maximum absolute atomic E-state index is 12.5. The first-order valence-electron chi connectivity index (χ1n) is 9.11. The van der Waals surface area contributed by atoms with E-state index in [0.29, 0.717) is 38.5 Å². The average Bonchev–Trinajstić information content (AvgIpc) is 2.52. The summed E-state index contributed by atoms with van der Waals surface area (Å²) in [5.74, 6) is 0.834. The van der Waals surface area contributed by atoms with Crippen LogP contribution in [0.3, 0.4) is 0 Å². The lowest BCUT2D eigenvalue weighted by Crippen LogP contribution is -2.47. The van der Waals surface area contributed by atoms with Gasteiger partial charge in [0.15, 0.2) is 0 Å². The zero-order valence-corrected chi connectivity index (χ0v) is 16.1. The fraction of sp³-hybridized carbons (Fsp3) is 0.889. The molecule has 1 aliphatic heterocycles. The molecule has 6 nitrogen and oxygen atoms in total. The molecule has 1 atom stereocenters. The number of hydrogen-bond donors (Lipinski definition) is 2. The van der Waals surface area contributed by atoms with Crippen molar-refractivity contribution in [3.63, 3.8) is 0 Å². The molecule has 1 saturated heterocycles. The van der Waals surface area contributed by atoms with E-state index in [1.54, 1.807) is 4.90 Å². The molecule has 24 heavy (non-hydrogen) atoms. The number of carbonyl (C=O) groups excluding carboxylic acids is 2. The van der Waals surface area contributed by atoms with Crippen molar-refractivity contribution in [1.82, 2.24) is 15.1 Å². The summed E-state index contributed by atoms with van der Waals surface area (Å²) >= 11 is 0. The Morgan fingerprint density at radius 1 is 1.38 bits per heavy atom. The Morgan fingerprint density at radius 2 is 2.04 bits per heavy atom. The van der Waals surface area contributed by atoms with Gasteiger partial charge in [0.1, 0.15) is 0 Å². The quantitative estimate of drug-likeness (QED) is 0.743. The van der Waals surface area contributed by atoms with Crippen LogP contribution in [0.2, 0.25) is 0 Å². The minimum atomic E-state index is -0.0697. The molecule has 1 rings (SSSR count). The number of nitrogens with two attached hydrogens (primary N) is 1. The Kier molecular flexibility index (Phi) is 8.00. The maximum Gasteiger partial charge on any atom is 0.317 e. The lowest BCUT2D eigenvalue weighted by atomic mass is 9.91. The van der Waals surface area contributed by atoms with Gasteiger partial charge in [0.2, 0.25) is 5.91 Å². The molecule has 140 valence electrons. The van der Waals surface area contributed by atoms with Crippen molar-refractivity contribution in [3.05, 3.63) is 0 Å². The molecule has 1 aliphatic rings. The molecule has 1 unspecified atom stereocenters. The van der Waals surface area contributed by atoms with E-state index in [-0.39, 0.29) is 23.3 Å². The highest BCUT2D eigenvalue weighted by atomic mass is 16.2. The smallest absolute Gasteiger partial charge is 0.317 e. The highest BCUT2D eigenvalue weighted by Crippen LogP contribution is 2.22. The van der Waals surface area contributed by atoms with Gasteiger partial charge in [-0.2, -0.15) is 0 Å². The third-order valence-corrected chi connectivity index (χ3v) is 4.57. The van der Waals surface area contributed by atoms with E-state index < -0.39 is 0 Å². The van der Waals surface area contributed by atoms with E-state index in [2.05, 4.69) is 33.0 Å². The van der Waals surface area contributed by atoms with Crippen molar-refractivity contribution in [2.45, 2.75) is 47.0 Å². The largest absolute Gasteiger partial charge is 0.345 e. The van der Waals surface area contributed by atoms with Crippen LogP contribution in [0.1, 0.15) is 47.0 Å². The van der Waals surface area contributed by atoms with Gasteiger partial charge in [0.25, 0.3) is 0 Å². The Hall–Kier alpha value is -1.30. The van der Waals surface area contributed by atoms with Gasteiger partial charge < -0.3 is 20.9 Å². The number of rotatable bonds is 7. The Morgan fingerprint density at radius 3 is 2.62 bits per heavy atom. The number of likely N-dealkylation sites (tertiary alicyclic amines) is 1. The number of urea groups is 1. The molecule has 1 fully saturated rings. The van der Waals surface area contributed by atoms with Gasteiger partial charge in [-0.15, -0.1) is 0 Å². The minimum absolute atomic E-state index is 0.00142. The summed E-state index contributed by atoms with van der Waals surface area (Å²) < 4.78 is 0. The third-order valence-electron chi connectivity index (χ3n) is 4.57. The minimum Gasteiger partial charge on any atom is -0.345 e. The van der Waals surface area contributed by atoms with E-state index in [1.165, 1.54) is 0 Å². The first kappa shape index (κ1) is 20.7. The van der Waals surface area contributed by atoms with Gasteiger partial charge >= 0.3 is 6.03 Å². The van der Waals surface area contributed by atoms with Gasteiger partial charge in [0, 0.05) is 39.6 Å². The fourth-order valence-electron chi connectivity index (χ4n) is 3.02. The van der Waals surface area contributed by atoms with Crippen LogP contribution in [0.15, 0.2) is 0 Å². The molecule has 3 N–H and O–H groups in total. The van der Waals surface area contributed by atoms with Crippen LogP contribution in [0.25, 0.3) is 0 Å². The first-order valence-corrected chi connectivity index (χ1v) is 9.11. The second-order valence-electron chi connectivity index (χ2n) is 8.36. The molecule has 0 radical (unpaired) electrons. The van der Waals surface area contributed by atoms with Crippen LogP contribution in [0.5, 0.6) is 0 Å².